The number of rotatable bonds is 8. The van der Waals surface area contributed by atoms with Crippen LogP contribution < -0.4 is 21.9 Å². The van der Waals surface area contributed by atoms with Crippen LogP contribution in [0.1, 0.15) is 45.1 Å². The van der Waals surface area contributed by atoms with E-state index in [1.165, 1.54) is 16.4 Å². The second kappa shape index (κ2) is 10.3. The molecule has 1 aromatic carbocycles. The Morgan fingerprint density at radius 3 is 2.28 bits per heavy atom. The van der Waals surface area contributed by atoms with Gasteiger partial charge in [0.25, 0.3) is 5.56 Å². The molecular weight excluding hydrogens is 462 g/mol. The van der Waals surface area contributed by atoms with Crippen molar-refractivity contribution in [1.29, 1.82) is 0 Å². The number of hydrogen-bond acceptors (Lipinski definition) is 6. The Kier molecular flexibility index (Phi) is 7.23. The third-order valence-electron chi connectivity index (χ3n) is 6.96. The van der Waals surface area contributed by atoms with Gasteiger partial charge in [-0.05, 0) is 31.7 Å². The summed E-state index contributed by atoms with van der Waals surface area (Å²) >= 11 is 0. The lowest BCUT2D eigenvalue weighted by atomic mass is 9.85. The first-order valence-electron chi connectivity index (χ1n) is 12.3. The number of nitrogens with zero attached hydrogens (tertiary/aromatic N) is 3. The number of hydrogen-bond donors (Lipinski definition) is 2. The van der Waals surface area contributed by atoms with Gasteiger partial charge in [0.05, 0.1) is 18.4 Å². The van der Waals surface area contributed by atoms with E-state index in [4.69, 9.17) is 5.73 Å². The molecule has 0 bridgehead atoms. The van der Waals surface area contributed by atoms with E-state index in [9.17, 15) is 24.0 Å². The number of unbranched alkanes of at least 4 members (excludes halogenated alkanes) is 1. The van der Waals surface area contributed by atoms with Crippen LogP contribution in [-0.4, -0.2) is 44.8 Å². The van der Waals surface area contributed by atoms with Gasteiger partial charge < -0.3 is 10.6 Å². The molecule has 3 atom stereocenters. The molecule has 2 aliphatic rings. The number of benzene rings is 1. The lowest BCUT2D eigenvalue weighted by molar-refractivity contribution is -0.146. The highest BCUT2D eigenvalue weighted by Crippen LogP contribution is 2.36. The number of allylic oxidation sites excluding steroid dienone is 2. The number of anilines is 2. The Hall–Kier alpha value is -3.95. The molecule has 0 spiro atoms. The van der Waals surface area contributed by atoms with Crippen LogP contribution in [0.4, 0.5) is 11.5 Å². The molecule has 1 aromatic heterocycles. The van der Waals surface area contributed by atoms with E-state index >= 15 is 0 Å². The van der Waals surface area contributed by atoms with E-state index in [0.717, 1.165) is 16.9 Å². The van der Waals surface area contributed by atoms with Crippen molar-refractivity contribution < 1.29 is 14.4 Å². The summed E-state index contributed by atoms with van der Waals surface area (Å²) in [4.78, 5) is 70.0. The van der Waals surface area contributed by atoms with Gasteiger partial charge in [-0.2, -0.15) is 0 Å². The predicted molar refractivity (Wildman–Crippen MR) is 135 cm³/mol. The summed E-state index contributed by atoms with van der Waals surface area (Å²) in [5.41, 5.74) is 5.48. The number of carbonyl (C=O) groups is 3. The van der Waals surface area contributed by atoms with E-state index in [-0.39, 0.29) is 36.4 Å². The number of amides is 3. The number of nitrogen functional groups attached to an aromatic ring is 1. The number of nitrogens with two attached hydrogens (primary N) is 1. The van der Waals surface area contributed by atoms with Gasteiger partial charge in [-0.3, -0.25) is 33.6 Å². The van der Waals surface area contributed by atoms with E-state index < -0.39 is 35.0 Å². The smallest absolute Gasteiger partial charge is 0.330 e. The molecule has 0 saturated carbocycles. The van der Waals surface area contributed by atoms with Crippen LogP contribution >= 0.6 is 0 Å². The van der Waals surface area contributed by atoms with Gasteiger partial charge in [0, 0.05) is 6.54 Å². The van der Waals surface area contributed by atoms with Crippen LogP contribution in [-0.2, 0) is 20.9 Å². The Bertz CT molecular complexity index is 1290. The number of aromatic nitrogens is 2. The third-order valence-corrected chi connectivity index (χ3v) is 6.96. The lowest BCUT2D eigenvalue weighted by Crippen LogP contribution is -2.52. The monoisotopic (exact) mass is 493 g/mol. The number of nitrogens with one attached hydrogen (secondary N) is 1. The van der Waals surface area contributed by atoms with E-state index in [1.807, 2.05) is 49.4 Å². The summed E-state index contributed by atoms with van der Waals surface area (Å²) in [5.74, 6) is -2.44. The molecule has 36 heavy (non-hydrogen) atoms. The summed E-state index contributed by atoms with van der Waals surface area (Å²) < 4.78 is 1.20. The van der Waals surface area contributed by atoms with E-state index in [0.29, 0.717) is 19.3 Å². The predicted octanol–water partition coefficient (Wildman–Crippen LogP) is 1.64. The largest absolute Gasteiger partial charge is 0.383 e. The second-order valence-electron chi connectivity index (χ2n) is 9.29. The topological polar surface area (TPSA) is 139 Å². The summed E-state index contributed by atoms with van der Waals surface area (Å²) in [6, 6.07) is 7.99. The summed E-state index contributed by atoms with van der Waals surface area (Å²) in [6.07, 6.45) is 5.95. The van der Waals surface area contributed by atoms with Gasteiger partial charge in [0.2, 0.25) is 17.7 Å². The molecule has 0 radical (unpaired) electrons. The van der Waals surface area contributed by atoms with Crippen LogP contribution in [0.15, 0.2) is 52.1 Å². The molecular formula is C26H31N5O5. The first-order valence-corrected chi connectivity index (χ1v) is 12.3. The van der Waals surface area contributed by atoms with Crippen LogP contribution in [0.25, 0.3) is 0 Å². The number of aromatic amines is 1. The Morgan fingerprint density at radius 2 is 1.69 bits per heavy atom. The Labute approximate surface area is 208 Å². The lowest BCUT2D eigenvalue weighted by Gasteiger charge is -2.30. The maximum Gasteiger partial charge on any atom is 0.330 e. The minimum atomic E-state index is -1.12. The number of likely N-dealkylation sites (tertiary alicyclic amines) is 1. The zero-order valence-corrected chi connectivity index (χ0v) is 20.5. The molecule has 190 valence electrons. The summed E-state index contributed by atoms with van der Waals surface area (Å²) in [7, 11) is 0. The van der Waals surface area contributed by atoms with Crippen molar-refractivity contribution in [3.63, 3.8) is 0 Å². The maximum absolute atomic E-state index is 13.8. The van der Waals surface area contributed by atoms with Crippen molar-refractivity contribution in [3.8, 4) is 0 Å². The highest BCUT2D eigenvalue weighted by atomic mass is 16.2. The minimum Gasteiger partial charge on any atom is -0.383 e. The average Bonchev–Trinajstić information content (AvgIpc) is 3.13. The molecule has 1 fully saturated rings. The van der Waals surface area contributed by atoms with Crippen molar-refractivity contribution in [2.45, 2.75) is 52.1 Å². The molecule has 0 unspecified atom stereocenters. The second-order valence-corrected chi connectivity index (χ2v) is 9.29. The quantitative estimate of drug-likeness (QED) is 0.423. The Morgan fingerprint density at radius 1 is 1.08 bits per heavy atom. The molecule has 2 heterocycles. The zero-order valence-electron chi connectivity index (χ0n) is 20.5. The van der Waals surface area contributed by atoms with Gasteiger partial charge in [0.1, 0.15) is 11.9 Å². The van der Waals surface area contributed by atoms with Gasteiger partial charge in [-0.25, -0.2) is 4.79 Å². The fourth-order valence-electron chi connectivity index (χ4n) is 4.95. The number of fused-ring (bicyclic) bond motifs is 1. The van der Waals surface area contributed by atoms with Crippen LogP contribution in [0.2, 0.25) is 0 Å². The first-order chi connectivity index (χ1) is 17.3. The highest BCUT2D eigenvalue weighted by Gasteiger charge is 2.50. The van der Waals surface area contributed by atoms with Crippen molar-refractivity contribution in [3.05, 3.63) is 68.9 Å². The van der Waals surface area contributed by atoms with Crippen LogP contribution in [0, 0.1) is 11.8 Å². The standard InChI is InChI=1S/C26H31N5O5/c1-3-4-14-29(23(33)16(2)31-24(34)18-12-8-9-13-19(18)25(31)35)20-21(27)30(26(36)28-22(20)32)15-17-10-6-5-7-11-17/h5-11,16,18-19H,3-4,12-15,27H2,1-2H3,(H,28,32,36)/t16-,18-,19+/m0/s1. The molecule has 3 amide bonds. The van der Waals surface area contributed by atoms with Gasteiger partial charge in [-0.1, -0.05) is 55.8 Å². The Balaban J connectivity index is 1.71. The van der Waals surface area contributed by atoms with Gasteiger partial charge >= 0.3 is 5.69 Å². The molecule has 1 aliphatic heterocycles. The maximum atomic E-state index is 13.8. The molecule has 10 nitrogen and oxygen atoms in total. The molecule has 2 aromatic rings. The van der Waals surface area contributed by atoms with Crippen molar-refractivity contribution >= 4 is 29.2 Å². The van der Waals surface area contributed by atoms with E-state index in [2.05, 4.69) is 4.98 Å². The highest BCUT2D eigenvalue weighted by molar-refractivity contribution is 6.10. The van der Waals surface area contributed by atoms with Crippen molar-refractivity contribution in [2.24, 2.45) is 11.8 Å². The van der Waals surface area contributed by atoms with Gasteiger partial charge in [0.15, 0.2) is 5.69 Å². The molecule has 1 saturated heterocycles. The van der Waals surface area contributed by atoms with Gasteiger partial charge in [-0.15, -0.1) is 0 Å². The zero-order chi connectivity index (χ0) is 26.0. The number of H-pyrrole nitrogens is 1. The first kappa shape index (κ1) is 25.2. The molecule has 3 N–H and O–H groups in total. The van der Waals surface area contributed by atoms with Crippen molar-refractivity contribution in [2.75, 3.05) is 17.2 Å². The third kappa shape index (κ3) is 4.50. The fourth-order valence-corrected chi connectivity index (χ4v) is 4.95. The van der Waals surface area contributed by atoms with E-state index in [1.54, 1.807) is 0 Å². The van der Waals surface area contributed by atoms with Crippen molar-refractivity contribution in [1.82, 2.24) is 14.5 Å². The molecule has 10 heteroatoms. The average molecular weight is 494 g/mol. The van der Waals surface area contributed by atoms with Crippen LogP contribution in [0.5, 0.6) is 0 Å². The minimum absolute atomic E-state index is 0.0973. The normalized spacial score (nSPS) is 19.9. The number of carbonyl (C=O) groups excluding carboxylic acids is 3. The summed E-state index contributed by atoms with van der Waals surface area (Å²) in [6.45, 7) is 3.66. The SMILES string of the molecule is CCCCN(C(=O)[C@H](C)N1C(=O)[C@H]2CC=CC[C@H]2C1=O)c1c(N)n(Cc2ccccc2)c(=O)[nH]c1=O. The fraction of sp³-hybridized carbons (Fsp3) is 0.423. The molecule has 1 aliphatic carbocycles. The summed E-state index contributed by atoms with van der Waals surface area (Å²) in [5, 5.41) is 0. The number of imide groups is 1. The van der Waals surface area contributed by atoms with Crippen LogP contribution in [0.3, 0.4) is 0 Å². The molecule has 4 rings (SSSR count).